The molecular weight excluding hydrogens is 260 g/mol. The van der Waals surface area contributed by atoms with E-state index in [0.717, 1.165) is 0 Å². The highest BCUT2D eigenvalue weighted by molar-refractivity contribution is 5.87. The number of hydrogen-bond donors (Lipinski definition) is 1. The van der Waals surface area contributed by atoms with Gasteiger partial charge in [-0.25, -0.2) is 4.79 Å². The van der Waals surface area contributed by atoms with Crippen molar-refractivity contribution in [3.8, 4) is 11.3 Å². The average Bonchev–Trinajstić information content (AvgIpc) is 2.83. The first-order chi connectivity index (χ1) is 9.41. The second kappa shape index (κ2) is 5.16. The van der Waals surface area contributed by atoms with Crippen molar-refractivity contribution < 1.29 is 14.8 Å². The molecule has 0 radical (unpaired) electrons. The largest absolute Gasteiger partial charge is 0.477 e. The number of carbonyl (C=O) groups is 1. The Morgan fingerprint density at radius 3 is 2.55 bits per heavy atom. The van der Waals surface area contributed by atoms with E-state index in [1.165, 1.54) is 18.2 Å². The van der Waals surface area contributed by atoms with Crippen LogP contribution in [0.25, 0.3) is 11.3 Å². The molecule has 0 bridgehead atoms. The monoisotopic (exact) mass is 274 g/mol. The van der Waals surface area contributed by atoms with Crippen molar-refractivity contribution in [1.82, 2.24) is 4.57 Å². The molecule has 0 aliphatic heterocycles. The third-order valence-electron chi connectivity index (χ3n) is 3.01. The number of benzene rings is 1. The smallest absolute Gasteiger partial charge is 0.352 e. The maximum Gasteiger partial charge on any atom is 0.352 e. The molecule has 0 saturated carbocycles. The lowest BCUT2D eigenvalue weighted by Crippen LogP contribution is -2.11. The van der Waals surface area contributed by atoms with Gasteiger partial charge in [0, 0.05) is 29.4 Å². The van der Waals surface area contributed by atoms with Crippen LogP contribution in [0, 0.1) is 10.1 Å². The number of nitrogens with zero attached hydrogens (tertiary/aromatic N) is 2. The van der Waals surface area contributed by atoms with Gasteiger partial charge in [-0.15, -0.1) is 0 Å². The summed E-state index contributed by atoms with van der Waals surface area (Å²) in [4.78, 5) is 21.6. The fourth-order valence-corrected chi connectivity index (χ4v) is 2.19. The van der Waals surface area contributed by atoms with Crippen molar-refractivity contribution in [3.63, 3.8) is 0 Å². The van der Waals surface area contributed by atoms with Gasteiger partial charge in [0.05, 0.1) is 4.92 Å². The molecule has 0 amide bonds. The molecule has 1 heterocycles. The topological polar surface area (TPSA) is 85.4 Å². The lowest BCUT2D eigenvalue weighted by molar-refractivity contribution is -0.384. The summed E-state index contributed by atoms with van der Waals surface area (Å²) in [6, 6.07) is 9.28. The normalized spacial score (nSPS) is 10.8. The number of nitro benzene ring substituents is 1. The molecule has 1 aromatic carbocycles. The van der Waals surface area contributed by atoms with Gasteiger partial charge in [0.15, 0.2) is 0 Å². The van der Waals surface area contributed by atoms with Crippen LogP contribution in [0.4, 0.5) is 5.69 Å². The third-order valence-corrected chi connectivity index (χ3v) is 3.01. The molecule has 0 saturated heterocycles. The summed E-state index contributed by atoms with van der Waals surface area (Å²) in [5, 5.41) is 20.0. The first kappa shape index (κ1) is 13.8. The number of carboxylic acids is 1. The van der Waals surface area contributed by atoms with Gasteiger partial charge in [-0.2, -0.15) is 0 Å². The molecule has 2 aromatic rings. The summed E-state index contributed by atoms with van der Waals surface area (Å²) < 4.78 is 1.65. The van der Waals surface area contributed by atoms with Gasteiger partial charge in [0.25, 0.3) is 5.69 Å². The molecule has 20 heavy (non-hydrogen) atoms. The fourth-order valence-electron chi connectivity index (χ4n) is 2.19. The Hall–Kier alpha value is -2.63. The summed E-state index contributed by atoms with van der Waals surface area (Å²) >= 11 is 0. The Morgan fingerprint density at radius 2 is 2.00 bits per heavy atom. The molecule has 0 aliphatic rings. The maximum absolute atomic E-state index is 11.2. The second-order valence-corrected chi connectivity index (χ2v) is 4.68. The van der Waals surface area contributed by atoms with E-state index in [1.54, 1.807) is 22.8 Å². The molecule has 0 spiro atoms. The van der Waals surface area contributed by atoms with Gasteiger partial charge in [0.2, 0.25) is 0 Å². The Kier molecular flexibility index (Phi) is 3.56. The van der Waals surface area contributed by atoms with Crippen LogP contribution in [0.1, 0.15) is 30.4 Å². The number of rotatable bonds is 4. The molecule has 1 aromatic heterocycles. The Balaban J connectivity index is 2.61. The van der Waals surface area contributed by atoms with Crippen LogP contribution in [0.3, 0.4) is 0 Å². The van der Waals surface area contributed by atoms with E-state index in [4.69, 9.17) is 0 Å². The summed E-state index contributed by atoms with van der Waals surface area (Å²) in [7, 11) is 0. The highest BCUT2D eigenvalue weighted by atomic mass is 16.6. The van der Waals surface area contributed by atoms with E-state index >= 15 is 0 Å². The van der Waals surface area contributed by atoms with Crippen molar-refractivity contribution in [1.29, 1.82) is 0 Å². The highest BCUT2D eigenvalue weighted by Gasteiger charge is 2.18. The summed E-state index contributed by atoms with van der Waals surface area (Å²) in [5.41, 5.74) is 1.43. The van der Waals surface area contributed by atoms with Gasteiger partial charge in [-0.05, 0) is 26.0 Å². The molecule has 6 nitrogen and oxygen atoms in total. The standard InChI is InChI=1S/C14H14N2O4/c1-9(2)15-12(6-7-13(15)14(17)18)10-4-3-5-11(8-10)16(19)20/h3-9H,1-2H3,(H,17,18). The fraction of sp³-hybridized carbons (Fsp3) is 0.214. The van der Waals surface area contributed by atoms with E-state index in [1.807, 2.05) is 13.8 Å². The zero-order valence-electron chi connectivity index (χ0n) is 11.1. The zero-order chi connectivity index (χ0) is 14.9. The summed E-state index contributed by atoms with van der Waals surface area (Å²) in [6.07, 6.45) is 0. The van der Waals surface area contributed by atoms with Crippen LogP contribution in [0.5, 0.6) is 0 Å². The van der Waals surface area contributed by atoms with Crippen molar-refractivity contribution in [2.24, 2.45) is 0 Å². The Morgan fingerprint density at radius 1 is 1.30 bits per heavy atom. The quantitative estimate of drug-likeness (QED) is 0.684. The molecule has 0 unspecified atom stereocenters. The Labute approximate surface area is 115 Å². The number of hydrogen-bond acceptors (Lipinski definition) is 3. The number of non-ortho nitro benzene ring substituents is 1. The van der Waals surface area contributed by atoms with Gasteiger partial charge in [-0.1, -0.05) is 12.1 Å². The van der Waals surface area contributed by atoms with E-state index in [-0.39, 0.29) is 17.4 Å². The first-order valence-electron chi connectivity index (χ1n) is 6.11. The average molecular weight is 274 g/mol. The van der Waals surface area contributed by atoms with E-state index < -0.39 is 10.9 Å². The predicted octanol–water partition coefficient (Wildman–Crippen LogP) is 3.34. The molecule has 1 N–H and O–H groups in total. The summed E-state index contributed by atoms with van der Waals surface area (Å²) in [5.74, 6) is -1.02. The molecule has 0 atom stereocenters. The van der Waals surface area contributed by atoms with Crippen molar-refractivity contribution in [3.05, 3.63) is 52.2 Å². The highest BCUT2D eigenvalue weighted by Crippen LogP contribution is 2.28. The van der Waals surface area contributed by atoms with Crippen LogP contribution < -0.4 is 0 Å². The van der Waals surface area contributed by atoms with Gasteiger partial charge < -0.3 is 9.67 Å². The van der Waals surface area contributed by atoms with Crippen molar-refractivity contribution in [2.45, 2.75) is 19.9 Å². The zero-order valence-corrected chi connectivity index (χ0v) is 11.1. The maximum atomic E-state index is 11.2. The van der Waals surface area contributed by atoms with Gasteiger partial charge >= 0.3 is 5.97 Å². The third kappa shape index (κ3) is 2.40. The number of aromatic carboxylic acids is 1. The molecule has 6 heteroatoms. The van der Waals surface area contributed by atoms with Crippen LogP contribution in [0.2, 0.25) is 0 Å². The summed E-state index contributed by atoms with van der Waals surface area (Å²) in [6.45, 7) is 3.74. The van der Waals surface area contributed by atoms with E-state index in [9.17, 15) is 20.0 Å². The van der Waals surface area contributed by atoms with Crippen LogP contribution in [-0.4, -0.2) is 20.6 Å². The van der Waals surface area contributed by atoms with E-state index in [0.29, 0.717) is 11.3 Å². The van der Waals surface area contributed by atoms with Crippen LogP contribution in [-0.2, 0) is 0 Å². The SMILES string of the molecule is CC(C)n1c(C(=O)O)ccc1-c1cccc([N+](=O)[O-])c1. The number of aromatic nitrogens is 1. The molecule has 104 valence electrons. The predicted molar refractivity (Wildman–Crippen MR) is 73.9 cm³/mol. The van der Waals surface area contributed by atoms with Crippen LogP contribution >= 0.6 is 0 Å². The minimum absolute atomic E-state index is 0.0177. The van der Waals surface area contributed by atoms with Gasteiger partial charge in [-0.3, -0.25) is 10.1 Å². The first-order valence-corrected chi connectivity index (χ1v) is 6.11. The van der Waals surface area contributed by atoms with Crippen LogP contribution in [0.15, 0.2) is 36.4 Å². The number of carboxylic acid groups (broad SMARTS) is 1. The molecular formula is C14H14N2O4. The lowest BCUT2D eigenvalue weighted by atomic mass is 10.1. The van der Waals surface area contributed by atoms with Crippen molar-refractivity contribution in [2.75, 3.05) is 0 Å². The minimum Gasteiger partial charge on any atom is -0.477 e. The van der Waals surface area contributed by atoms with E-state index in [2.05, 4.69) is 0 Å². The lowest BCUT2D eigenvalue weighted by Gasteiger charge is -2.15. The van der Waals surface area contributed by atoms with Crippen molar-refractivity contribution >= 4 is 11.7 Å². The second-order valence-electron chi connectivity index (χ2n) is 4.68. The number of nitro groups is 1. The Bertz CT molecular complexity index is 674. The molecule has 2 rings (SSSR count). The molecule has 0 fully saturated rings. The molecule has 0 aliphatic carbocycles. The van der Waals surface area contributed by atoms with Gasteiger partial charge in [0.1, 0.15) is 5.69 Å². The minimum atomic E-state index is -1.02.